The van der Waals surface area contributed by atoms with Crippen molar-refractivity contribution in [3.05, 3.63) is 58.7 Å². The number of carbonyl (C=O) groups is 2. The number of aliphatic hydroxyl groups is 1. The van der Waals surface area contributed by atoms with Crippen LogP contribution in [0.4, 0.5) is 0 Å². The lowest BCUT2D eigenvalue weighted by molar-refractivity contribution is -0.139. The van der Waals surface area contributed by atoms with Gasteiger partial charge in [-0.05, 0) is 47.9 Å². The summed E-state index contributed by atoms with van der Waals surface area (Å²) in [6.45, 7) is 3.02. The first-order valence-electron chi connectivity index (χ1n) is 10.9. The average Bonchev–Trinajstić information content (AvgIpc) is 3.36. The molecule has 2 aromatic carbocycles. The first-order valence-corrected chi connectivity index (χ1v) is 10.9. The van der Waals surface area contributed by atoms with Crippen molar-refractivity contribution in [2.75, 3.05) is 20.3 Å². The molecular weight excluding hydrogens is 410 g/mol. The Balaban J connectivity index is 1.82. The van der Waals surface area contributed by atoms with Crippen LogP contribution in [0.1, 0.15) is 48.9 Å². The number of rotatable bonds is 7. The van der Waals surface area contributed by atoms with Crippen LogP contribution in [0.15, 0.2) is 42.0 Å². The van der Waals surface area contributed by atoms with E-state index in [1.54, 1.807) is 30.3 Å². The van der Waals surface area contributed by atoms with Gasteiger partial charge in [0.1, 0.15) is 11.5 Å². The molecule has 2 aliphatic rings. The second-order valence-corrected chi connectivity index (χ2v) is 8.05. The highest BCUT2D eigenvalue weighted by atomic mass is 16.5. The SMILES string of the molecule is CCCCCN1C(=O)C(=O)/C(=C(\O)c2ccc3c(c2)CCO3)C1c1ccc(OC)c(O)c1. The third kappa shape index (κ3) is 3.79. The monoisotopic (exact) mass is 437 g/mol. The van der Waals surface area contributed by atoms with Gasteiger partial charge in [0.05, 0.1) is 25.3 Å². The van der Waals surface area contributed by atoms with Gasteiger partial charge >= 0.3 is 0 Å². The molecule has 0 aromatic heterocycles. The number of methoxy groups -OCH3 is 1. The summed E-state index contributed by atoms with van der Waals surface area (Å²) in [4.78, 5) is 27.5. The largest absolute Gasteiger partial charge is 0.507 e. The molecule has 0 radical (unpaired) electrons. The Morgan fingerprint density at radius 1 is 1.19 bits per heavy atom. The van der Waals surface area contributed by atoms with E-state index in [2.05, 4.69) is 6.92 Å². The highest BCUT2D eigenvalue weighted by molar-refractivity contribution is 6.46. The molecule has 0 spiro atoms. The second kappa shape index (κ2) is 8.94. The Kier molecular flexibility index (Phi) is 6.08. The van der Waals surface area contributed by atoms with Crippen molar-refractivity contribution in [2.45, 2.75) is 38.6 Å². The Bertz CT molecular complexity index is 1090. The lowest BCUT2D eigenvalue weighted by Crippen LogP contribution is -2.30. The number of Topliss-reactive ketones (excluding diaryl/α,β-unsaturated/α-hetero) is 1. The molecular formula is C25H27NO6. The van der Waals surface area contributed by atoms with E-state index >= 15 is 0 Å². The van der Waals surface area contributed by atoms with E-state index in [4.69, 9.17) is 9.47 Å². The predicted molar refractivity (Wildman–Crippen MR) is 119 cm³/mol. The van der Waals surface area contributed by atoms with Crippen LogP contribution in [0.2, 0.25) is 0 Å². The summed E-state index contributed by atoms with van der Waals surface area (Å²) in [6, 6.07) is 9.22. The molecule has 4 rings (SSSR count). The lowest BCUT2D eigenvalue weighted by Gasteiger charge is -2.25. The van der Waals surface area contributed by atoms with Gasteiger partial charge < -0.3 is 24.6 Å². The molecule has 1 fully saturated rings. The lowest BCUT2D eigenvalue weighted by atomic mass is 9.94. The van der Waals surface area contributed by atoms with Crippen LogP contribution >= 0.6 is 0 Å². The van der Waals surface area contributed by atoms with Crippen molar-refractivity contribution in [1.29, 1.82) is 0 Å². The molecule has 2 N–H and O–H groups in total. The second-order valence-electron chi connectivity index (χ2n) is 8.05. The molecule has 1 atom stereocenters. The Labute approximate surface area is 186 Å². The number of nitrogens with zero attached hydrogens (tertiary/aromatic N) is 1. The molecule has 1 amide bonds. The summed E-state index contributed by atoms with van der Waals surface area (Å²) >= 11 is 0. The Morgan fingerprint density at radius 3 is 2.72 bits per heavy atom. The van der Waals surface area contributed by atoms with Gasteiger partial charge in [-0.15, -0.1) is 0 Å². The van der Waals surface area contributed by atoms with Crippen molar-refractivity contribution in [2.24, 2.45) is 0 Å². The van der Waals surface area contributed by atoms with Crippen LogP contribution in [0.5, 0.6) is 17.2 Å². The fraction of sp³-hybridized carbons (Fsp3) is 0.360. The number of fused-ring (bicyclic) bond motifs is 1. The van der Waals surface area contributed by atoms with Crippen LogP contribution in [0.3, 0.4) is 0 Å². The molecule has 7 heteroatoms. The van der Waals surface area contributed by atoms with Crippen molar-refractivity contribution < 1.29 is 29.3 Å². The number of ketones is 1. The molecule has 0 bridgehead atoms. The summed E-state index contributed by atoms with van der Waals surface area (Å²) in [5.41, 5.74) is 1.97. The number of likely N-dealkylation sites (tertiary alicyclic amines) is 1. The van der Waals surface area contributed by atoms with Crippen molar-refractivity contribution >= 4 is 17.4 Å². The van der Waals surface area contributed by atoms with E-state index in [0.717, 1.165) is 37.0 Å². The van der Waals surface area contributed by atoms with Crippen LogP contribution in [-0.4, -0.2) is 47.1 Å². The van der Waals surface area contributed by atoms with Gasteiger partial charge in [-0.3, -0.25) is 9.59 Å². The molecule has 2 aliphatic heterocycles. The zero-order valence-corrected chi connectivity index (χ0v) is 18.3. The fourth-order valence-corrected chi connectivity index (χ4v) is 4.36. The maximum atomic E-state index is 13.1. The number of amides is 1. The topological polar surface area (TPSA) is 96.3 Å². The molecule has 0 aliphatic carbocycles. The fourth-order valence-electron chi connectivity index (χ4n) is 4.36. The molecule has 168 valence electrons. The number of unbranched alkanes of at least 4 members (excludes halogenated alkanes) is 2. The Morgan fingerprint density at radius 2 is 2.00 bits per heavy atom. The maximum absolute atomic E-state index is 13.1. The third-order valence-electron chi connectivity index (χ3n) is 6.02. The summed E-state index contributed by atoms with van der Waals surface area (Å²) in [7, 11) is 1.45. The zero-order chi connectivity index (χ0) is 22.8. The van der Waals surface area contributed by atoms with Gasteiger partial charge in [-0.1, -0.05) is 25.8 Å². The van der Waals surface area contributed by atoms with E-state index in [1.165, 1.54) is 18.1 Å². The molecule has 1 unspecified atom stereocenters. The molecule has 2 heterocycles. The first kappa shape index (κ1) is 21.7. The number of aliphatic hydroxyl groups excluding tert-OH is 1. The number of hydrogen-bond acceptors (Lipinski definition) is 6. The molecule has 0 saturated carbocycles. The highest BCUT2D eigenvalue weighted by Gasteiger charge is 2.46. The van der Waals surface area contributed by atoms with Gasteiger partial charge in [0.2, 0.25) is 0 Å². The normalized spacial score (nSPS) is 19.2. The number of carbonyl (C=O) groups excluding carboxylic acids is 2. The number of phenolic OH excluding ortho intramolecular Hbond substituents is 1. The van der Waals surface area contributed by atoms with Crippen LogP contribution in [-0.2, 0) is 16.0 Å². The number of aromatic hydroxyl groups is 1. The molecule has 1 saturated heterocycles. The highest BCUT2D eigenvalue weighted by Crippen LogP contribution is 2.42. The third-order valence-corrected chi connectivity index (χ3v) is 6.02. The zero-order valence-electron chi connectivity index (χ0n) is 18.3. The molecule has 7 nitrogen and oxygen atoms in total. The van der Waals surface area contributed by atoms with Gasteiger partial charge in [0.15, 0.2) is 11.5 Å². The van der Waals surface area contributed by atoms with Gasteiger partial charge in [-0.25, -0.2) is 0 Å². The van der Waals surface area contributed by atoms with Gasteiger partial charge in [0.25, 0.3) is 11.7 Å². The predicted octanol–water partition coefficient (Wildman–Crippen LogP) is 3.95. The first-order chi connectivity index (χ1) is 15.5. The van der Waals surface area contributed by atoms with E-state index < -0.39 is 17.7 Å². The average molecular weight is 437 g/mol. The van der Waals surface area contributed by atoms with E-state index in [9.17, 15) is 19.8 Å². The minimum absolute atomic E-state index is 0.0231. The number of phenols is 1. The van der Waals surface area contributed by atoms with E-state index in [1.807, 2.05) is 0 Å². The van der Waals surface area contributed by atoms with Crippen molar-refractivity contribution in [3.63, 3.8) is 0 Å². The smallest absolute Gasteiger partial charge is 0.295 e. The quantitative estimate of drug-likeness (QED) is 0.295. The minimum Gasteiger partial charge on any atom is -0.507 e. The van der Waals surface area contributed by atoms with Crippen LogP contribution < -0.4 is 9.47 Å². The van der Waals surface area contributed by atoms with Crippen LogP contribution in [0.25, 0.3) is 5.76 Å². The van der Waals surface area contributed by atoms with Gasteiger partial charge in [0, 0.05) is 18.5 Å². The summed E-state index contributed by atoms with van der Waals surface area (Å²) < 4.78 is 10.7. The van der Waals surface area contributed by atoms with Crippen LogP contribution in [0, 0.1) is 0 Å². The summed E-state index contributed by atoms with van der Waals surface area (Å²) in [6.07, 6.45) is 3.33. The summed E-state index contributed by atoms with van der Waals surface area (Å²) in [5, 5.41) is 21.5. The van der Waals surface area contributed by atoms with Crippen molar-refractivity contribution in [1.82, 2.24) is 4.90 Å². The summed E-state index contributed by atoms with van der Waals surface area (Å²) in [5.74, 6) is -0.646. The van der Waals surface area contributed by atoms with Crippen molar-refractivity contribution in [3.8, 4) is 17.2 Å². The standard InChI is InChI=1S/C25H27NO6/c1-3-4-5-11-26-22(16-6-9-20(31-2)18(27)14-16)21(24(29)25(26)30)23(28)17-7-8-19-15(13-17)10-12-32-19/h6-9,13-14,22,27-28H,3-5,10-12H2,1-2H3/b23-21-. The number of ether oxygens (including phenoxy) is 2. The van der Waals surface area contributed by atoms with Gasteiger partial charge in [-0.2, -0.15) is 0 Å². The number of benzene rings is 2. The maximum Gasteiger partial charge on any atom is 0.295 e. The Hall–Kier alpha value is -3.48. The van der Waals surface area contributed by atoms with E-state index in [-0.39, 0.29) is 22.8 Å². The molecule has 2 aromatic rings. The minimum atomic E-state index is -0.798. The van der Waals surface area contributed by atoms with E-state index in [0.29, 0.717) is 24.3 Å². The molecule has 32 heavy (non-hydrogen) atoms. The number of hydrogen-bond donors (Lipinski definition) is 2.